The lowest BCUT2D eigenvalue weighted by Crippen LogP contribution is -2.05. The Morgan fingerprint density at radius 2 is 1.05 bits per heavy atom. The molecule has 0 saturated carbocycles. The molecule has 0 N–H and O–H groups in total. The molecule has 0 aromatic heterocycles. The summed E-state index contributed by atoms with van der Waals surface area (Å²) in [4.78, 5) is 11.4. The molecule has 0 aromatic rings. The molecule has 1 heteroatoms. The van der Waals surface area contributed by atoms with E-state index in [1.807, 2.05) is 13.8 Å². The van der Waals surface area contributed by atoms with E-state index in [1.165, 1.54) is 70.6 Å². The average molecular weight is 268 g/mol. The van der Waals surface area contributed by atoms with Gasteiger partial charge in [-0.25, -0.2) is 0 Å². The number of carbonyl (C=O) groups is 1. The van der Waals surface area contributed by atoms with E-state index in [4.69, 9.17) is 0 Å². The Morgan fingerprint density at radius 1 is 0.684 bits per heavy atom. The van der Waals surface area contributed by atoms with Gasteiger partial charge in [0.2, 0.25) is 0 Å². The number of hydrogen-bond acceptors (Lipinski definition) is 1. The fraction of sp³-hybridized carbons (Fsp3) is 0.944. The van der Waals surface area contributed by atoms with Crippen LogP contribution in [0.4, 0.5) is 0 Å². The molecule has 0 bridgehead atoms. The van der Waals surface area contributed by atoms with Crippen LogP contribution in [0.15, 0.2) is 0 Å². The minimum absolute atomic E-state index is 0.229. The van der Waals surface area contributed by atoms with Crippen molar-refractivity contribution in [3.05, 3.63) is 0 Å². The van der Waals surface area contributed by atoms with Crippen molar-refractivity contribution in [2.75, 3.05) is 0 Å². The molecule has 0 aromatic carbocycles. The zero-order valence-electron chi connectivity index (χ0n) is 13.7. The zero-order valence-corrected chi connectivity index (χ0v) is 13.7. The second-order valence-corrected chi connectivity index (χ2v) is 6.26. The highest BCUT2D eigenvalue weighted by Gasteiger charge is 2.05. The van der Waals surface area contributed by atoms with Crippen molar-refractivity contribution in [3.63, 3.8) is 0 Å². The van der Waals surface area contributed by atoms with Crippen molar-refractivity contribution < 1.29 is 4.79 Å². The van der Waals surface area contributed by atoms with Gasteiger partial charge in [-0.2, -0.15) is 0 Å². The average Bonchev–Trinajstić information content (AvgIpc) is 2.39. The van der Waals surface area contributed by atoms with Crippen molar-refractivity contribution in [3.8, 4) is 0 Å². The van der Waals surface area contributed by atoms with Gasteiger partial charge in [0.05, 0.1) is 0 Å². The first-order chi connectivity index (χ1) is 9.18. The van der Waals surface area contributed by atoms with E-state index in [2.05, 4.69) is 6.92 Å². The molecule has 0 rings (SSSR count). The fourth-order valence-corrected chi connectivity index (χ4v) is 2.43. The molecular weight excluding hydrogens is 232 g/mol. The Kier molecular flexibility index (Phi) is 13.8. The van der Waals surface area contributed by atoms with Crippen LogP contribution in [-0.2, 0) is 4.79 Å². The molecule has 0 unspecified atom stereocenters. The molecule has 1 nitrogen and oxygen atoms in total. The molecule has 114 valence electrons. The Balaban J connectivity index is 3.05. The summed E-state index contributed by atoms with van der Waals surface area (Å²) in [5.41, 5.74) is 0. The molecule has 0 aliphatic rings. The molecular formula is C18H36O. The number of hydrogen-bond donors (Lipinski definition) is 0. The van der Waals surface area contributed by atoms with Gasteiger partial charge in [-0.15, -0.1) is 0 Å². The number of rotatable bonds is 14. The van der Waals surface area contributed by atoms with Crippen molar-refractivity contribution in [1.29, 1.82) is 0 Å². The maximum atomic E-state index is 11.4. The van der Waals surface area contributed by atoms with E-state index >= 15 is 0 Å². The van der Waals surface area contributed by atoms with E-state index in [0.717, 1.165) is 12.8 Å². The molecule has 0 fully saturated rings. The lowest BCUT2D eigenvalue weighted by atomic mass is 10.0. The summed E-state index contributed by atoms with van der Waals surface area (Å²) in [6, 6.07) is 0. The standard InChI is InChI=1S/C18H36O/c1-4-5-6-7-8-9-10-11-12-13-14-15-16-18(19)17(2)3/h17H,4-16H2,1-3H3. The maximum Gasteiger partial charge on any atom is 0.135 e. The van der Waals surface area contributed by atoms with Gasteiger partial charge in [-0.05, 0) is 6.42 Å². The first-order valence-electron chi connectivity index (χ1n) is 8.71. The zero-order chi connectivity index (χ0) is 14.3. The van der Waals surface area contributed by atoms with E-state index in [9.17, 15) is 4.79 Å². The summed E-state index contributed by atoms with van der Waals surface area (Å²) in [6.45, 7) is 6.28. The number of ketones is 1. The summed E-state index contributed by atoms with van der Waals surface area (Å²) >= 11 is 0. The molecule has 0 radical (unpaired) electrons. The van der Waals surface area contributed by atoms with Crippen LogP contribution in [0.3, 0.4) is 0 Å². The van der Waals surface area contributed by atoms with Gasteiger partial charge in [0, 0.05) is 12.3 Å². The minimum Gasteiger partial charge on any atom is -0.299 e. The molecule has 0 aliphatic carbocycles. The molecule has 0 atom stereocenters. The van der Waals surface area contributed by atoms with E-state index in [1.54, 1.807) is 0 Å². The van der Waals surface area contributed by atoms with Gasteiger partial charge in [-0.1, -0.05) is 91.4 Å². The monoisotopic (exact) mass is 268 g/mol. The first kappa shape index (κ1) is 18.7. The predicted octanol–water partition coefficient (Wildman–Crippen LogP) is 6.30. The molecule has 0 spiro atoms. The topological polar surface area (TPSA) is 17.1 Å². The first-order valence-corrected chi connectivity index (χ1v) is 8.71. The Bertz CT molecular complexity index is 196. The third-order valence-corrected chi connectivity index (χ3v) is 3.92. The van der Waals surface area contributed by atoms with Crippen molar-refractivity contribution in [2.24, 2.45) is 5.92 Å². The fourth-order valence-electron chi connectivity index (χ4n) is 2.43. The van der Waals surface area contributed by atoms with Crippen LogP contribution < -0.4 is 0 Å². The summed E-state index contributed by atoms with van der Waals surface area (Å²) in [7, 11) is 0. The van der Waals surface area contributed by atoms with Crippen molar-refractivity contribution in [2.45, 2.75) is 104 Å². The van der Waals surface area contributed by atoms with Crippen molar-refractivity contribution in [1.82, 2.24) is 0 Å². The highest BCUT2D eigenvalue weighted by atomic mass is 16.1. The minimum atomic E-state index is 0.229. The SMILES string of the molecule is CCCCCCCCCCCCCCC(=O)C(C)C. The Hall–Kier alpha value is -0.330. The van der Waals surface area contributed by atoms with Crippen LogP contribution in [0.5, 0.6) is 0 Å². The van der Waals surface area contributed by atoms with Crippen LogP contribution in [0, 0.1) is 5.92 Å². The van der Waals surface area contributed by atoms with Gasteiger partial charge >= 0.3 is 0 Å². The molecule has 0 heterocycles. The smallest absolute Gasteiger partial charge is 0.135 e. The third kappa shape index (κ3) is 13.9. The summed E-state index contributed by atoms with van der Waals surface area (Å²) in [6.07, 6.45) is 17.1. The maximum absolute atomic E-state index is 11.4. The molecule has 19 heavy (non-hydrogen) atoms. The van der Waals surface area contributed by atoms with Gasteiger partial charge in [0.15, 0.2) is 0 Å². The third-order valence-electron chi connectivity index (χ3n) is 3.92. The summed E-state index contributed by atoms with van der Waals surface area (Å²) in [5.74, 6) is 0.666. The van der Waals surface area contributed by atoms with Crippen LogP contribution in [0.25, 0.3) is 0 Å². The van der Waals surface area contributed by atoms with E-state index < -0.39 is 0 Å². The largest absolute Gasteiger partial charge is 0.299 e. The second-order valence-electron chi connectivity index (χ2n) is 6.26. The molecule has 0 aliphatic heterocycles. The van der Waals surface area contributed by atoms with Gasteiger partial charge in [0.25, 0.3) is 0 Å². The van der Waals surface area contributed by atoms with Crippen LogP contribution >= 0.6 is 0 Å². The lowest BCUT2D eigenvalue weighted by molar-refractivity contribution is -0.122. The highest BCUT2D eigenvalue weighted by molar-refractivity contribution is 5.80. The van der Waals surface area contributed by atoms with Gasteiger partial charge in [-0.3, -0.25) is 4.79 Å². The lowest BCUT2D eigenvalue weighted by Gasteiger charge is -2.04. The van der Waals surface area contributed by atoms with Gasteiger partial charge < -0.3 is 0 Å². The number of carbonyl (C=O) groups excluding carboxylic acids is 1. The molecule has 0 amide bonds. The van der Waals surface area contributed by atoms with Crippen LogP contribution in [0.2, 0.25) is 0 Å². The normalized spacial score (nSPS) is 11.2. The Morgan fingerprint density at radius 3 is 1.42 bits per heavy atom. The summed E-state index contributed by atoms with van der Waals surface area (Å²) < 4.78 is 0. The van der Waals surface area contributed by atoms with Crippen LogP contribution in [0.1, 0.15) is 104 Å². The second kappa shape index (κ2) is 14.1. The summed E-state index contributed by atoms with van der Waals surface area (Å²) in [5, 5.41) is 0. The molecule has 0 saturated heterocycles. The van der Waals surface area contributed by atoms with Crippen molar-refractivity contribution >= 4 is 5.78 Å². The van der Waals surface area contributed by atoms with Gasteiger partial charge in [0.1, 0.15) is 5.78 Å². The van der Waals surface area contributed by atoms with Crippen LogP contribution in [-0.4, -0.2) is 5.78 Å². The highest BCUT2D eigenvalue weighted by Crippen LogP contribution is 2.13. The quantitative estimate of drug-likeness (QED) is 0.338. The number of Topliss-reactive ketones (excluding diaryl/α,β-unsaturated/α-hetero) is 1. The Labute approximate surface area is 121 Å². The van der Waals surface area contributed by atoms with E-state index in [0.29, 0.717) is 5.78 Å². The number of unbranched alkanes of at least 4 members (excludes halogenated alkanes) is 11. The predicted molar refractivity (Wildman–Crippen MR) is 85.5 cm³/mol. The van der Waals surface area contributed by atoms with E-state index in [-0.39, 0.29) is 5.92 Å².